The average molecular weight is 255 g/mol. The second-order valence-electron chi connectivity index (χ2n) is 3.86. The molecule has 0 aliphatic rings. The number of hydrogen-bond acceptors (Lipinski definition) is 0. The standard InChI is InChI=1S/C11H15BrSi/c1-4-9-13(2,3)11-8-6-5-7-10(11)12/h4-8H,1,9H2,2-3H3. The van der Waals surface area contributed by atoms with Gasteiger partial charge in [-0.05, 0) is 17.3 Å². The Labute approximate surface area is 89.8 Å². The molecule has 0 bridgehead atoms. The van der Waals surface area contributed by atoms with Gasteiger partial charge >= 0.3 is 0 Å². The first-order valence-electron chi connectivity index (χ1n) is 4.44. The van der Waals surface area contributed by atoms with E-state index in [1.165, 1.54) is 9.66 Å². The lowest BCUT2D eigenvalue weighted by Gasteiger charge is -2.22. The van der Waals surface area contributed by atoms with Crippen molar-refractivity contribution in [3.8, 4) is 0 Å². The average Bonchev–Trinajstić information content (AvgIpc) is 2.04. The van der Waals surface area contributed by atoms with Crippen LogP contribution in [0, 0.1) is 0 Å². The van der Waals surface area contributed by atoms with Gasteiger partial charge in [-0.1, -0.05) is 53.3 Å². The zero-order valence-corrected chi connectivity index (χ0v) is 10.8. The molecule has 1 aromatic rings. The Hall–Kier alpha value is -0.343. The van der Waals surface area contributed by atoms with Crippen molar-refractivity contribution < 1.29 is 0 Å². The van der Waals surface area contributed by atoms with E-state index in [1.807, 2.05) is 6.08 Å². The van der Waals surface area contributed by atoms with Crippen LogP contribution in [0.1, 0.15) is 0 Å². The molecule has 0 fully saturated rings. The summed E-state index contributed by atoms with van der Waals surface area (Å²) in [5, 5.41) is 1.48. The van der Waals surface area contributed by atoms with Crippen molar-refractivity contribution in [3.63, 3.8) is 0 Å². The van der Waals surface area contributed by atoms with E-state index in [0.29, 0.717) is 0 Å². The largest absolute Gasteiger partial charge is 0.103 e. The maximum atomic E-state index is 3.82. The van der Waals surface area contributed by atoms with E-state index >= 15 is 0 Å². The molecule has 13 heavy (non-hydrogen) atoms. The fraction of sp³-hybridized carbons (Fsp3) is 0.273. The molecule has 70 valence electrons. The smallest absolute Gasteiger partial charge is 0.0857 e. The molecule has 0 aromatic heterocycles. The fourth-order valence-corrected chi connectivity index (χ4v) is 5.59. The van der Waals surface area contributed by atoms with Crippen LogP contribution in [-0.4, -0.2) is 8.07 Å². The van der Waals surface area contributed by atoms with E-state index in [4.69, 9.17) is 0 Å². The summed E-state index contributed by atoms with van der Waals surface area (Å²) in [5.74, 6) is 0. The van der Waals surface area contributed by atoms with E-state index in [1.54, 1.807) is 0 Å². The molecule has 1 rings (SSSR count). The van der Waals surface area contributed by atoms with Gasteiger partial charge in [0.05, 0.1) is 8.07 Å². The van der Waals surface area contributed by atoms with Crippen LogP contribution in [0.4, 0.5) is 0 Å². The lowest BCUT2D eigenvalue weighted by atomic mass is 10.4. The highest BCUT2D eigenvalue weighted by atomic mass is 79.9. The Morgan fingerprint density at radius 2 is 2.00 bits per heavy atom. The zero-order valence-electron chi connectivity index (χ0n) is 8.18. The van der Waals surface area contributed by atoms with Crippen LogP contribution in [0.2, 0.25) is 19.1 Å². The van der Waals surface area contributed by atoms with Gasteiger partial charge in [0.15, 0.2) is 0 Å². The first-order valence-corrected chi connectivity index (χ1v) is 8.44. The van der Waals surface area contributed by atoms with Crippen LogP contribution in [0.25, 0.3) is 0 Å². The Morgan fingerprint density at radius 3 is 2.54 bits per heavy atom. The first kappa shape index (κ1) is 10.7. The number of allylic oxidation sites excluding steroid dienone is 1. The summed E-state index contributed by atoms with van der Waals surface area (Å²) in [4.78, 5) is 0. The quantitative estimate of drug-likeness (QED) is 0.572. The third kappa shape index (κ3) is 2.55. The third-order valence-corrected chi connectivity index (χ3v) is 6.52. The highest BCUT2D eigenvalue weighted by Gasteiger charge is 2.23. The van der Waals surface area contributed by atoms with E-state index in [-0.39, 0.29) is 0 Å². The summed E-state index contributed by atoms with van der Waals surface area (Å²) >= 11 is 3.60. The number of rotatable bonds is 3. The van der Waals surface area contributed by atoms with Crippen molar-refractivity contribution in [2.75, 3.05) is 0 Å². The lowest BCUT2D eigenvalue weighted by molar-refractivity contribution is 1.53. The number of halogens is 1. The molecule has 0 nitrogen and oxygen atoms in total. The van der Waals surface area contributed by atoms with Gasteiger partial charge in [0.1, 0.15) is 0 Å². The van der Waals surface area contributed by atoms with Crippen LogP contribution in [0.5, 0.6) is 0 Å². The first-order chi connectivity index (χ1) is 6.08. The van der Waals surface area contributed by atoms with E-state index in [9.17, 15) is 0 Å². The van der Waals surface area contributed by atoms with Gasteiger partial charge in [-0.3, -0.25) is 0 Å². The topological polar surface area (TPSA) is 0 Å². The summed E-state index contributed by atoms with van der Waals surface area (Å²) in [6, 6.07) is 9.65. The monoisotopic (exact) mass is 254 g/mol. The molecule has 0 heterocycles. The molecule has 0 amide bonds. The van der Waals surface area contributed by atoms with Crippen LogP contribution in [0.15, 0.2) is 41.4 Å². The van der Waals surface area contributed by atoms with Crippen LogP contribution in [-0.2, 0) is 0 Å². The maximum absolute atomic E-state index is 3.82. The van der Waals surface area contributed by atoms with Gasteiger partial charge in [0, 0.05) is 4.47 Å². The Kier molecular flexibility index (Phi) is 3.51. The minimum atomic E-state index is -1.29. The Morgan fingerprint density at radius 1 is 1.38 bits per heavy atom. The molecule has 2 heteroatoms. The highest BCUT2D eigenvalue weighted by Crippen LogP contribution is 2.16. The summed E-state index contributed by atoms with van der Waals surface area (Å²) < 4.78 is 1.24. The van der Waals surface area contributed by atoms with Crippen molar-refractivity contribution in [2.24, 2.45) is 0 Å². The van der Waals surface area contributed by atoms with Crippen molar-refractivity contribution in [1.82, 2.24) is 0 Å². The van der Waals surface area contributed by atoms with Crippen molar-refractivity contribution in [3.05, 3.63) is 41.4 Å². The third-order valence-electron chi connectivity index (χ3n) is 2.26. The Balaban J connectivity index is 3.06. The number of hydrogen-bond donors (Lipinski definition) is 0. The van der Waals surface area contributed by atoms with Gasteiger partial charge in [-0.15, -0.1) is 6.58 Å². The molecule has 0 unspecified atom stereocenters. The van der Waals surface area contributed by atoms with Crippen LogP contribution >= 0.6 is 15.9 Å². The van der Waals surface area contributed by atoms with Gasteiger partial charge in [0.2, 0.25) is 0 Å². The normalized spacial score (nSPS) is 11.3. The summed E-state index contributed by atoms with van der Waals surface area (Å²) in [6.45, 7) is 8.56. The van der Waals surface area contributed by atoms with Crippen LogP contribution in [0.3, 0.4) is 0 Å². The summed E-state index contributed by atoms with van der Waals surface area (Å²) in [6.07, 6.45) is 2.03. The molecule has 0 aliphatic heterocycles. The molecule has 0 radical (unpaired) electrons. The molecule has 1 aromatic carbocycles. The highest BCUT2D eigenvalue weighted by molar-refractivity contribution is 9.10. The predicted octanol–water partition coefficient (Wildman–Crippen LogP) is 3.55. The van der Waals surface area contributed by atoms with Crippen molar-refractivity contribution in [2.45, 2.75) is 19.1 Å². The SMILES string of the molecule is C=CC[Si](C)(C)c1ccccc1Br. The molecule has 0 saturated heterocycles. The second kappa shape index (κ2) is 4.25. The Bertz CT molecular complexity index is 305. The van der Waals surface area contributed by atoms with E-state index in [0.717, 1.165) is 6.04 Å². The summed E-state index contributed by atoms with van der Waals surface area (Å²) in [5.41, 5.74) is 0. The molecule has 0 N–H and O–H groups in total. The van der Waals surface area contributed by atoms with E-state index < -0.39 is 8.07 Å². The minimum absolute atomic E-state index is 1.13. The van der Waals surface area contributed by atoms with Crippen molar-refractivity contribution in [1.29, 1.82) is 0 Å². The van der Waals surface area contributed by atoms with Gasteiger partial charge in [-0.25, -0.2) is 0 Å². The molecular formula is C11H15BrSi. The maximum Gasteiger partial charge on any atom is 0.0857 e. The van der Waals surface area contributed by atoms with Gasteiger partial charge in [0.25, 0.3) is 0 Å². The van der Waals surface area contributed by atoms with Gasteiger partial charge < -0.3 is 0 Å². The van der Waals surface area contributed by atoms with Gasteiger partial charge in [-0.2, -0.15) is 0 Å². The lowest BCUT2D eigenvalue weighted by Crippen LogP contribution is -2.41. The van der Waals surface area contributed by atoms with Crippen molar-refractivity contribution >= 4 is 29.2 Å². The fourth-order valence-electron chi connectivity index (χ4n) is 1.48. The van der Waals surface area contributed by atoms with Crippen LogP contribution < -0.4 is 5.19 Å². The summed E-state index contributed by atoms with van der Waals surface area (Å²) in [7, 11) is -1.29. The minimum Gasteiger partial charge on any atom is -0.103 e. The molecular weight excluding hydrogens is 240 g/mol. The second-order valence-corrected chi connectivity index (χ2v) is 9.43. The number of benzene rings is 1. The molecule has 0 aliphatic carbocycles. The molecule has 0 atom stereocenters. The molecule has 0 spiro atoms. The zero-order chi connectivity index (χ0) is 9.90. The van der Waals surface area contributed by atoms with E-state index in [2.05, 4.69) is 59.9 Å². The predicted molar refractivity (Wildman–Crippen MR) is 66.3 cm³/mol. The molecule has 0 saturated carbocycles.